The van der Waals surface area contributed by atoms with E-state index >= 15 is 0 Å². The van der Waals surface area contributed by atoms with Gasteiger partial charge in [-0.15, -0.1) is 0 Å². The largest absolute Gasteiger partial charge is 0.506 e. The fourth-order valence-electron chi connectivity index (χ4n) is 1.62. The van der Waals surface area contributed by atoms with Crippen molar-refractivity contribution in [2.45, 2.75) is 13.3 Å². The van der Waals surface area contributed by atoms with Gasteiger partial charge in [0.2, 0.25) is 0 Å². The SMILES string of the molecule is CCc1cc(I)c(O)c(C2=NCCN2)c1. The highest BCUT2D eigenvalue weighted by Crippen LogP contribution is 2.27. The first-order valence-corrected chi connectivity index (χ1v) is 6.10. The number of halogens is 1. The zero-order chi connectivity index (χ0) is 10.8. The third-order valence-corrected chi connectivity index (χ3v) is 3.28. The molecule has 0 spiro atoms. The van der Waals surface area contributed by atoms with Gasteiger partial charge in [-0.25, -0.2) is 0 Å². The zero-order valence-electron chi connectivity index (χ0n) is 8.55. The van der Waals surface area contributed by atoms with Crippen molar-refractivity contribution in [3.63, 3.8) is 0 Å². The number of nitrogens with zero attached hydrogens (tertiary/aromatic N) is 1. The van der Waals surface area contributed by atoms with Gasteiger partial charge >= 0.3 is 0 Å². The average Bonchev–Trinajstić information content (AvgIpc) is 2.75. The lowest BCUT2D eigenvalue weighted by Gasteiger charge is -2.09. The smallest absolute Gasteiger partial charge is 0.139 e. The molecule has 1 aromatic rings. The first-order valence-electron chi connectivity index (χ1n) is 5.02. The molecule has 0 aromatic heterocycles. The van der Waals surface area contributed by atoms with Gasteiger partial charge in [0.05, 0.1) is 15.7 Å². The number of phenolic OH excluding ortho intramolecular Hbond substituents is 1. The van der Waals surface area contributed by atoms with E-state index in [0.717, 1.165) is 34.5 Å². The number of hydrogen-bond acceptors (Lipinski definition) is 3. The Morgan fingerprint density at radius 3 is 2.93 bits per heavy atom. The Bertz CT molecular complexity index is 415. The molecule has 2 rings (SSSR count). The number of aromatic hydroxyl groups is 1. The van der Waals surface area contributed by atoms with Crippen LogP contribution >= 0.6 is 22.6 Å². The third-order valence-electron chi connectivity index (χ3n) is 2.46. The molecule has 80 valence electrons. The predicted octanol–water partition coefficient (Wildman–Crippen LogP) is 1.91. The lowest BCUT2D eigenvalue weighted by atomic mass is 10.1. The van der Waals surface area contributed by atoms with E-state index in [1.807, 2.05) is 12.1 Å². The third kappa shape index (κ3) is 2.09. The number of nitrogens with one attached hydrogen (secondary N) is 1. The fraction of sp³-hybridized carbons (Fsp3) is 0.364. The summed E-state index contributed by atoms with van der Waals surface area (Å²) in [5.41, 5.74) is 2.06. The van der Waals surface area contributed by atoms with Gasteiger partial charge in [0.15, 0.2) is 0 Å². The molecule has 15 heavy (non-hydrogen) atoms. The highest BCUT2D eigenvalue weighted by molar-refractivity contribution is 14.1. The van der Waals surface area contributed by atoms with Crippen molar-refractivity contribution in [3.05, 3.63) is 26.8 Å². The van der Waals surface area contributed by atoms with E-state index in [9.17, 15) is 5.11 Å². The number of amidine groups is 1. The van der Waals surface area contributed by atoms with Crippen LogP contribution in [0.1, 0.15) is 18.1 Å². The highest BCUT2D eigenvalue weighted by Gasteiger charge is 2.15. The summed E-state index contributed by atoms with van der Waals surface area (Å²) in [5.74, 6) is 1.15. The predicted molar refractivity (Wildman–Crippen MR) is 69.6 cm³/mol. The van der Waals surface area contributed by atoms with Crippen molar-refractivity contribution >= 4 is 28.4 Å². The molecule has 4 heteroatoms. The van der Waals surface area contributed by atoms with Gasteiger partial charge < -0.3 is 10.4 Å². The Kier molecular flexibility index (Phi) is 3.14. The first-order chi connectivity index (χ1) is 7.22. The van der Waals surface area contributed by atoms with Crippen molar-refractivity contribution in [3.8, 4) is 5.75 Å². The van der Waals surface area contributed by atoms with Crippen LogP contribution in [0.4, 0.5) is 0 Å². The Morgan fingerprint density at radius 2 is 2.33 bits per heavy atom. The molecule has 0 aliphatic carbocycles. The molecule has 3 nitrogen and oxygen atoms in total. The summed E-state index contributed by atoms with van der Waals surface area (Å²) in [6.45, 7) is 3.76. The summed E-state index contributed by atoms with van der Waals surface area (Å²) in [6.07, 6.45) is 0.969. The van der Waals surface area contributed by atoms with Gasteiger partial charge in [0.1, 0.15) is 11.6 Å². The van der Waals surface area contributed by atoms with Crippen LogP contribution in [-0.2, 0) is 6.42 Å². The van der Waals surface area contributed by atoms with Crippen LogP contribution in [0.25, 0.3) is 0 Å². The van der Waals surface area contributed by atoms with E-state index in [1.54, 1.807) is 0 Å². The quantitative estimate of drug-likeness (QED) is 0.819. The zero-order valence-corrected chi connectivity index (χ0v) is 10.7. The first kappa shape index (κ1) is 10.7. The molecule has 1 heterocycles. The van der Waals surface area contributed by atoms with Crippen LogP contribution in [-0.4, -0.2) is 24.0 Å². The standard InChI is InChI=1S/C11H13IN2O/c1-2-7-5-8(10(15)9(12)6-7)11-13-3-4-14-11/h5-6,15H,2-4H2,1H3,(H,13,14). The molecule has 1 aliphatic rings. The van der Waals surface area contributed by atoms with Gasteiger partial charge in [-0.3, -0.25) is 4.99 Å². The van der Waals surface area contributed by atoms with Gasteiger partial charge in [-0.2, -0.15) is 0 Å². The molecule has 1 aliphatic heterocycles. The van der Waals surface area contributed by atoms with Crippen LogP contribution < -0.4 is 5.32 Å². The maximum atomic E-state index is 9.95. The number of rotatable bonds is 2. The van der Waals surface area contributed by atoms with E-state index in [0.29, 0.717) is 5.75 Å². The van der Waals surface area contributed by atoms with E-state index in [4.69, 9.17) is 0 Å². The molecule has 0 saturated carbocycles. The number of aliphatic imine (C=N–C) groups is 1. The monoisotopic (exact) mass is 316 g/mol. The second-order valence-electron chi connectivity index (χ2n) is 3.48. The molecular formula is C11H13IN2O. The number of benzene rings is 1. The minimum atomic E-state index is 0.334. The fourth-order valence-corrected chi connectivity index (χ4v) is 2.31. The number of hydrogen-bond donors (Lipinski definition) is 2. The normalized spacial score (nSPS) is 14.9. The average molecular weight is 316 g/mol. The van der Waals surface area contributed by atoms with Gasteiger partial charge in [-0.1, -0.05) is 6.92 Å². The molecule has 0 bridgehead atoms. The second-order valence-corrected chi connectivity index (χ2v) is 4.65. The second kappa shape index (κ2) is 4.38. The van der Waals surface area contributed by atoms with Gasteiger partial charge in [-0.05, 0) is 46.7 Å². The lowest BCUT2D eigenvalue weighted by Crippen LogP contribution is -2.20. The maximum absolute atomic E-state index is 9.95. The van der Waals surface area contributed by atoms with Crippen molar-refractivity contribution in [2.24, 2.45) is 4.99 Å². The minimum absolute atomic E-state index is 0.334. The van der Waals surface area contributed by atoms with Crippen LogP contribution in [0.15, 0.2) is 17.1 Å². The Labute approximate surface area is 103 Å². The minimum Gasteiger partial charge on any atom is -0.506 e. The van der Waals surface area contributed by atoms with Crippen LogP contribution in [0, 0.1) is 3.57 Å². The van der Waals surface area contributed by atoms with Gasteiger partial charge in [0.25, 0.3) is 0 Å². The summed E-state index contributed by atoms with van der Waals surface area (Å²) in [4.78, 5) is 4.33. The summed E-state index contributed by atoms with van der Waals surface area (Å²) in [5, 5.41) is 13.1. The molecule has 0 radical (unpaired) electrons. The van der Waals surface area contributed by atoms with E-state index in [2.05, 4.69) is 39.8 Å². The molecular weight excluding hydrogens is 303 g/mol. The molecule has 0 amide bonds. The van der Waals surface area contributed by atoms with Crippen molar-refractivity contribution in [2.75, 3.05) is 13.1 Å². The molecule has 0 atom stereocenters. The summed E-state index contributed by atoms with van der Waals surface area (Å²) >= 11 is 2.15. The van der Waals surface area contributed by atoms with E-state index in [-0.39, 0.29) is 0 Å². The van der Waals surface area contributed by atoms with Gasteiger partial charge in [0, 0.05) is 6.54 Å². The topological polar surface area (TPSA) is 44.6 Å². The highest BCUT2D eigenvalue weighted by atomic mass is 127. The summed E-state index contributed by atoms with van der Waals surface area (Å²) in [6, 6.07) is 4.02. The maximum Gasteiger partial charge on any atom is 0.139 e. The molecule has 0 fully saturated rings. The van der Waals surface area contributed by atoms with Crippen molar-refractivity contribution in [1.29, 1.82) is 0 Å². The number of phenols is 1. The van der Waals surface area contributed by atoms with Crippen LogP contribution in [0.5, 0.6) is 5.75 Å². The lowest BCUT2D eigenvalue weighted by molar-refractivity contribution is 0.470. The Balaban J connectivity index is 2.49. The summed E-state index contributed by atoms with van der Waals surface area (Å²) < 4.78 is 0.887. The van der Waals surface area contributed by atoms with E-state index < -0.39 is 0 Å². The van der Waals surface area contributed by atoms with Crippen LogP contribution in [0.3, 0.4) is 0 Å². The Morgan fingerprint density at radius 1 is 1.53 bits per heavy atom. The molecule has 0 unspecified atom stereocenters. The molecule has 0 saturated heterocycles. The Hall–Kier alpha value is -0.780. The van der Waals surface area contributed by atoms with Crippen molar-refractivity contribution in [1.82, 2.24) is 5.32 Å². The summed E-state index contributed by atoms with van der Waals surface area (Å²) in [7, 11) is 0. The number of aryl methyl sites for hydroxylation is 1. The molecule has 2 N–H and O–H groups in total. The van der Waals surface area contributed by atoms with E-state index in [1.165, 1.54) is 5.56 Å². The van der Waals surface area contributed by atoms with Crippen molar-refractivity contribution < 1.29 is 5.11 Å². The van der Waals surface area contributed by atoms with Crippen LogP contribution in [0.2, 0.25) is 0 Å². The molecule has 1 aromatic carbocycles.